The number of rotatable bonds is 74. The molecular formula is C79H153NO5. The molecule has 85 heavy (non-hydrogen) atoms. The van der Waals surface area contributed by atoms with Gasteiger partial charge in [-0.15, -0.1) is 0 Å². The van der Waals surface area contributed by atoms with Gasteiger partial charge in [0, 0.05) is 12.8 Å². The van der Waals surface area contributed by atoms with E-state index in [4.69, 9.17) is 4.74 Å². The summed E-state index contributed by atoms with van der Waals surface area (Å²) in [5, 5.41) is 23.3. The van der Waals surface area contributed by atoms with Crippen LogP contribution in [0.25, 0.3) is 0 Å². The van der Waals surface area contributed by atoms with Crippen molar-refractivity contribution in [3.63, 3.8) is 0 Å². The number of aliphatic hydroxyl groups excluding tert-OH is 2. The van der Waals surface area contributed by atoms with Crippen molar-refractivity contribution in [2.24, 2.45) is 0 Å². The zero-order valence-electron chi connectivity index (χ0n) is 57.9. The third kappa shape index (κ3) is 71.3. The smallest absolute Gasteiger partial charge is 0.305 e. The molecule has 0 aliphatic rings. The predicted octanol–water partition coefficient (Wildman–Crippen LogP) is 25.7. The van der Waals surface area contributed by atoms with Crippen LogP contribution in [0.4, 0.5) is 0 Å². The van der Waals surface area contributed by atoms with Gasteiger partial charge in [0.05, 0.1) is 25.4 Å². The van der Waals surface area contributed by atoms with E-state index in [0.29, 0.717) is 19.4 Å². The molecule has 0 aromatic carbocycles. The molecule has 0 radical (unpaired) electrons. The second-order valence-corrected chi connectivity index (χ2v) is 27.0. The van der Waals surface area contributed by atoms with Crippen LogP contribution in [0.15, 0.2) is 24.3 Å². The first kappa shape index (κ1) is 83.3. The first-order chi connectivity index (χ1) is 42.0. The fourth-order valence-corrected chi connectivity index (χ4v) is 12.5. The predicted molar refractivity (Wildman–Crippen MR) is 375 cm³/mol. The number of unbranched alkanes of at least 4 members (excludes halogenated alkanes) is 61. The monoisotopic (exact) mass is 1200 g/mol. The van der Waals surface area contributed by atoms with Gasteiger partial charge in [0.15, 0.2) is 0 Å². The Labute approximate surface area is 532 Å². The van der Waals surface area contributed by atoms with Crippen LogP contribution in [-0.4, -0.2) is 47.4 Å². The van der Waals surface area contributed by atoms with Crippen molar-refractivity contribution in [1.82, 2.24) is 5.32 Å². The van der Waals surface area contributed by atoms with E-state index >= 15 is 0 Å². The zero-order chi connectivity index (χ0) is 61.3. The molecule has 0 saturated carbocycles. The highest BCUT2D eigenvalue weighted by atomic mass is 16.5. The number of aliphatic hydroxyl groups is 2. The Morgan fingerprint density at radius 1 is 0.318 bits per heavy atom. The van der Waals surface area contributed by atoms with Crippen molar-refractivity contribution >= 4 is 11.9 Å². The molecule has 0 saturated heterocycles. The normalized spacial score (nSPS) is 12.6. The van der Waals surface area contributed by atoms with Gasteiger partial charge in [-0.25, -0.2) is 0 Å². The third-order valence-corrected chi connectivity index (χ3v) is 18.5. The molecule has 1 amide bonds. The summed E-state index contributed by atoms with van der Waals surface area (Å²) in [6, 6.07) is -0.626. The van der Waals surface area contributed by atoms with Gasteiger partial charge < -0.3 is 20.3 Å². The van der Waals surface area contributed by atoms with E-state index in [1.165, 1.54) is 379 Å². The third-order valence-electron chi connectivity index (χ3n) is 18.5. The van der Waals surface area contributed by atoms with E-state index < -0.39 is 12.1 Å². The van der Waals surface area contributed by atoms with Gasteiger partial charge in [-0.1, -0.05) is 398 Å². The van der Waals surface area contributed by atoms with Gasteiger partial charge in [-0.3, -0.25) is 9.59 Å². The molecule has 0 fully saturated rings. The second kappa shape index (κ2) is 74.8. The number of esters is 1. The van der Waals surface area contributed by atoms with Crippen molar-refractivity contribution in [3.05, 3.63) is 24.3 Å². The van der Waals surface area contributed by atoms with Crippen molar-refractivity contribution in [1.29, 1.82) is 0 Å². The zero-order valence-corrected chi connectivity index (χ0v) is 57.9. The Bertz CT molecular complexity index is 1330. The number of allylic oxidation sites excluding steroid dienone is 3. The molecule has 0 aromatic heterocycles. The molecule has 0 rings (SSSR count). The van der Waals surface area contributed by atoms with Crippen LogP contribution >= 0.6 is 0 Å². The highest BCUT2D eigenvalue weighted by Gasteiger charge is 2.18. The van der Waals surface area contributed by atoms with E-state index in [9.17, 15) is 19.8 Å². The maximum absolute atomic E-state index is 12.5. The molecule has 2 atom stereocenters. The Balaban J connectivity index is 3.36. The molecule has 504 valence electrons. The lowest BCUT2D eigenvalue weighted by molar-refractivity contribution is -0.143. The van der Waals surface area contributed by atoms with Gasteiger partial charge in [-0.2, -0.15) is 0 Å². The van der Waals surface area contributed by atoms with E-state index in [2.05, 4.69) is 31.3 Å². The summed E-state index contributed by atoms with van der Waals surface area (Å²) in [5.74, 6) is -0.0381. The fourth-order valence-electron chi connectivity index (χ4n) is 12.5. The topological polar surface area (TPSA) is 95.9 Å². The van der Waals surface area contributed by atoms with E-state index in [-0.39, 0.29) is 18.5 Å². The number of carbonyl (C=O) groups excluding carboxylic acids is 2. The van der Waals surface area contributed by atoms with Crippen LogP contribution < -0.4 is 5.32 Å². The summed E-state index contributed by atoms with van der Waals surface area (Å²) in [4.78, 5) is 24.6. The SMILES string of the molecule is CCCCCCCCCCCCCCCCCCCCC/C=C/C(O)C(CO)NC(=O)CCCCCCCCCCCCCCCCCCC/C=C\CCCCCCCCCCCCCCCCOC(=O)CCCCCCCCCCCCCC. The van der Waals surface area contributed by atoms with Crippen LogP contribution in [0, 0.1) is 0 Å². The molecule has 6 heteroatoms. The van der Waals surface area contributed by atoms with Crippen molar-refractivity contribution in [2.45, 2.75) is 456 Å². The molecular weight excluding hydrogens is 1040 g/mol. The first-order valence-electron chi connectivity index (χ1n) is 39.1. The van der Waals surface area contributed by atoms with Crippen molar-refractivity contribution in [3.8, 4) is 0 Å². The average Bonchev–Trinajstić information content (AvgIpc) is 3.53. The number of amides is 1. The van der Waals surface area contributed by atoms with Gasteiger partial charge in [0.25, 0.3) is 0 Å². The highest BCUT2D eigenvalue weighted by Crippen LogP contribution is 2.20. The minimum absolute atomic E-state index is 0.0215. The fraction of sp³-hybridized carbons (Fsp3) is 0.924. The van der Waals surface area contributed by atoms with E-state index in [1.807, 2.05) is 6.08 Å². The standard InChI is InChI=1S/C79H153NO5/c1-3-5-7-9-11-13-15-17-18-19-20-36-39-42-45-48-51-55-59-63-67-71-77(82)76(75-81)80-78(83)72-68-64-60-56-52-49-46-43-40-37-34-32-30-28-26-24-22-21-23-25-27-29-31-33-35-38-41-44-47-50-54-58-62-66-70-74-85-79(84)73-69-65-61-57-53-16-14-12-10-8-6-4-2/h23,25,67,71,76-77,81-82H,3-22,24,26-66,68-70,72-75H2,1-2H3,(H,80,83)/b25-23-,71-67+. The van der Waals surface area contributed by atoms with Gasteiger partial charge in [0.2, 0.25) is 5.91 Å². The number of hydrogen-bond acceptors (Lipinski definition) is 5. The summed E-state index contributed by atoms with van der Waals surface area (Å²) in [6.45, 7) is 4.95. The van der Waals surface area contributed by atoms with Crippen molar-refractivity contribution in [2.75, 3.05) is 13.2 Å². The Kier molecular flexibility index (Phi) is 73.3. The largest absolute Gasteiger partial charge is 0.466 e. The molecule has 0 bridgehead atoms. The molecule has 6 nitrogen and oxygen atoms in total. The van der Waals surface area contributed by atoms with Gasteiger partial charge >= 0.3 is 5.97 Å². The summed E-state index contributed by atoms with van der Waals surface area (Å²) in [5.41, 5.74) is 0. The van der Waals surface area contributed by atoms with E-state index in [1.54, 1.807) is 6.08 Å². The molecule has 0 aliphatic heterocycles. The Morgan fingerprint density at radius 3 is 0.835 bits per heavy atom. The van der Waals surface area contributed by atoms with Gasteiger partial charge in [0.1, 0.15) is 0 Å². The maximum Gasteiger partial charge on any atom is 0.305 e. The first-order valence-corrected chi connectivity index (χ1v) is 39.1. The molecule has 2 unspecified atom stereocenters. The quantitative estimate of drug-likeness (QED) is 0.0320. The lowest BCUT2D eigenvalue weighted by Gasteiger charge is -2.20. The van der Waals surface area contributed by atoms with Crippen LogP contribution in [0.3, 0.4) is 0 Å². The number of nitrogens with one attached hydrogen (secondary N) is 1. The lowest BCUT2D eigenvalue weighted by atomic mass is 10.0. The van der Waals surface area contributed by atoms with E-state index in [0.717, 1.165) is 38.5 Å². The number of ether oxygens (including phenoxy) is 1. The summed E-state index contributed by atoms with van der Waals surface area (Å²) in [6.07, 6.45) is 95.9. The average molecular weight is 1200 g/mol. The second-order valence-electron chi connectivity index (χ2n) is 27.0. The highest BCUT2D eigenvalue weighted by molar-refractivity contribution is 5.76. The van der Waals surface area contributed by atoms with Crippen LogP contribution in [0.1, 0.15) is 444 Å². The minimum Gasteiger partial charge on any atom is -0.466 e. The van der Waals surface area contributed by atoms with Crippen molar-refractivity contribution < 1.29 is 24.5 Å². The number of hydrogen-bond donors (Lipinski definition) is 3. The molecule has 3 N–H and O–H groups in total. The lowest BCUT2D eigenvalue weighted by Crippen LogP contribution is -2.45. The van der Waals surface area contributed by atoms with Crippen LogP contribution in [-0.2, 0) is 14.3 Å². The molecule has 0 heterocycles. The summed E-state index contributed by atoms with van der Waals surface area (Å²) < 4.78 is 5.49. The minimum atomic E-state index is -0.843. The molecule has 0 spiro atoms. The number of carbonyl (C=O) groups is 2. The summed E-state index contributed by atoms with van der Waals surface area (Å²) >= 11 is 0. The Morgan fingerprint density at radius 2 is 0.553 bits per heavy atom. The molecule has 0 aliphatic carbocycles. The maximum atomic E-state index is 12.5. The summed E-state index contributed by atoms with van der Waals surface area (Å²) in [7, 11) is 0. The molecule has 0 aromatic rings. The van der Waals surface area contributed by atoms with Crippen LogP contribution in [0.2, 0.25) is 0 Å². The Hall–Kier alpha value is -1.66. The van der Waals surface area contributed by atoms with Crippen LogP contribution in [0.5, 0.6) is 0 Å². The van der Waals surface area contributed by atoms with Gasteiger partial charge in [-0.05, 0) is 57.8 Å².